The van der Waals surface area contributed by atoms with Crippen LogP contribution in [0.5, 0.6) is 0 Å². The predicted octanol–water partition coefficient (Wildman–Crippen LogP) is 3.13. The number of aromatic nitrogens is 1. The summed E-state index contributed by atoms with van der Waals surface area (Å²) in [5.41, 5.74) is 2.68. The van der Waals surface area contributed by atoms with Crippen LogP contribution >= 0.6 is 11.6 Å². The molecule has 0 saturated carbocycles. The third kappa shape index (κ3) is 2.75. The molecule has 0 radical (unpaired) electrons. The average molecular weight is 323 g/mol. The summed E-state index contributed by atoms with van der Waals surface area (Å²) in [4.78, 5) is 9.14. The third-order valence-corrected chi connectivity index (χ3v) is 4.49. The number of fused-ring (bicyclic) bond motifs is 1. The SMILES string of the molecule is CCN(CC)c1cc(Cl)cc2nc(N3CCNC[C@@H]3C)oc12. The Morgan fingerprint density at radius 2 is 2.18 bits per heavy atom. The molecule has 1 aliphatic heterocycles. The van der Waals surface area contributed by atoms with Gasteiger partial charge in [0, 0.05) is 43.8 Å². The van der Waals surface area contributed by atoms with Gasteiger partial charge in [-0.05, 0) is 32.9 Å². The van der Waals surface area contributed by atoms with E-state index in [1.54, 1.807) is 0 Å². The molecule has 120 valence electrons. The Morgan fingerprint density at radius 3 is 2.86 bits per heavy atom. The molecule has 1 saturated heterocycles. The summed E-state index contributed by atoms with van der Waals surface area (Å²) < 4.78 is 6.14. The van der Waals surface area contributed by atoms with Gasteiger partial charge >= 0.3 is 0 Å². The van der Waals surface area contributed by atoms with Gasteiger partial charge in [0.25, 0.3) is 6.01 Å². The van der Waals surface area contributed by atoms with Crippen molar-refractivity contribution >= 4 is 34.4 Å². The fourth-order valence-electron chi connectivity index (χ4n) is 3.02. The van der Waals surface area contributed by atoms with E-state index >= 15 is 0 Å². The number of rotatable bonds is 4. The normalized spacial score (nSPS) is 18.9. The summed E-state index contributed by atoms with van der Waals surface area (Å²) in [5.74, 6) is 0. The van der Waals surface area contributed by atoms with E-state index in [1.807, 2.05) is 12.1 Å². The molecule has 1 fully saturated rings. The number of halogens is 1. The van der Waals surface area contributed by atoms with Gasteiger partial charge in [0.2, 0.25) is 0 Å². The summed E-state index contributed by atoms with van der Waals surface area (Å²) in [6.45, 7) is 11.1. The highest BCUT2D eigenvalue weighted by atomic mass is 35.5. The van der Waals surface area contributed by atoms with Crippen LogP contribution < -0.4 is 15.1 Å². The van der Waals surface area contributed by atoms with Gasteiger partial charge in [-0.1, -0.05) is 11.6 Å². The summed E-state index contributed by atoms with van der Waals surface area (Å²) in [5, 5.41) is 4.08. The van der Waals surface area contributed by atoms with Gasteiger partial charge in [-0.15, -0.1) is 0 Å². The lowest BCUT2D eigenvalue weighted by Gasteiger charge is -2.32. The number of hydrogen-bond donors (Lipinski definition) is 1. The standard InChI is InChI=1S/C16H23ClN4O/c1-4-20(5-2)14-9-12(17)8-13-15(14)22-16(19-13)21-7-6-18-10-11(21)3/h8-9,11,18H,4-7,10H2,1-3H3/t11-/m0/s1. The first kappa shape index (κ1) is 15.4. The molecule has 0 aliphatic carbocycles. The Labute approximate surface area is 136 Å². The molecule has 0 bridgehead atoms. The molecule has 0 amide bonds. The Morgan fingerprint density at radius 1 is 1.41 bits per heavy atom. The second-order valence-electron chi connectivity index (χ2n) is 5.69. The lowest BCUT2D eigenvalue weighted by atomic mass is 10.2. The molecule has 5 nitrogen and oxygen atoms in total. The molecule has 2 aromatic rings. The van der Waals surface area contributed by atoms with Crippen molar-refractivity contribution in [2.75, 3.05) is 42.5 Å². The van der Waals surface area contributed by atoms with E-state index in [4.69, 9.17) is 16.0 Å². The van der Waals surface area contributed by atoms with Crippen LogP contribution in [0.3, 0.4) is 0 Å². The fourth-order valence-corrected chi connectivity index (χ4v) is 3.22. The van der Waals surface area contributed by atoms with Gasteiger partial charge < -0.3 is 19.5 Å². The number of anilines is 2. The van der Waals surface area contributed by atoms with Gasteiger partial charge in [0.1, 0.15) is 5.52 Å². The van der Waals surface area contributed by atoms with Crippen molar-refractivity contribution in [3.05, 3.63) is 17.2 Å². The highest BCUT2D eigenvalue weighted by molar-refractivity contribution is 6.31. The first-order chi connectivity index (χ1) is 10.6. The second kappa shape index (κ2) is 6.34. The van der Waals surface area contributed by atoms with Gasteiger partial charge in [-0.25, -0.2) is 0 Å². The minimum atomic E-state index is 0.370. The van der Waals surface area contributed by atoms with E-state index < -0.39 is 0 Å². The number of hydrogen-bond acceptors (Lipinski definition) is 5. The molecule has 1 aromatic heterocycles. The van der Waals surface area contributed by atoms with Crippen LogP contribution in [-0.4, -0.2) is 43.7 Å². The fraction of sp³-hybridized carbons (Fsp3) is 0.562. The molecular formula is C16H23ClN4O. The van der Waals surface area contributed by atoms with Crippen molar-refractivity contribution in [3.8, 4) is 0 Å². The Hall–Kier alpha value is -1.46. The molecular weight excluding hydrogens is 300 g/mol. The zero-order valence-corrected chi connectivity index (χ0v) is 14.2. The number of benzene rings is 1. The van der Waals surface area contributed by atoms with Crippen molar-refractivity contribution in [3.63, 3.8) is 0 Å². The third-order valence-electron chi connectivity index (χ3n) is 4.28. The van der Waals surface area contributed by atoms with Gasteiger partial charge in [0.15, 0.2) is 5.58 Å². The smallest absolute Gasteiger partial charge is 0.298 e. The van der Waals surface area contributed by atoms with E-state index in [9.17, 15) is 0 Å². The molecule has 3 rings (SSSR count). The molecule has 1 aliphatic rings. The molecule has 0 spiro atoms. The largest absolute Gasteiger partial charge is 0.421 e. The second-order valence-corrected chi connectivity index (χ2v) is 6.12. The van der Waals surface area contributed by atoms with Crippen LogP contribution in [0.1, 0.15) is 20.8 Å². The topological polar surface area (TPSA) is 44.5 Å². The Balaban J connectivity index is 2.06. The summed E-state index contributed by atoms with van der Waals surface area (Å²) >= 11 is 6.27. The monoisotopic (exact) mass is 322 g/mol. The summed E-state index contributed by atoms with van der Waals surface area (Å²) in [6.07, 6.45) is 0. The Kier molecular flexibility index (Phi) is 4.45. The molecule has 1 atom stereocenters. The highest BCUT2D eigenvalue weighted by Crippen LogP contribution is 2.34. The molecule has 0 unspecified atom stereocenters. The number of nitrogens with one attached hydrogen (secondary N) is 1. The average Bonchev–Trinajstić information content (AvgIpc) is 2.92. The maximum Gasteiger partial charge on any atom is 0.298 e. The van der Waals surface area contributed by atoms with Crippen LogP contribution in [0.15, 0.2) is 16.5 Å². The zero-order chi connectivity index (χ0) is 15.7. The first-order valence-corrected chi connectivity index (χ1v) is 8.34. The van der Waals surface area contributed by atoms with Crippen molar-refractivity contribution in [1.82, 2.24) is 10.3 Å². The Bertz CT molecular complexity index is 653. The van der Waals surface area contributed by atoms with Gasteiger partial charge in [-0.2, -0.15) is 4.98 Å². The predicted molar refractivity (Wildman–Crippen MR) is 92.3 cm³/mol. The van der Waals surface area contributed by atoms with Crippen LogP contribution in [0.4, 0.5) is 11.7 Å². The lowest BCUT2D eigenvalue weighted by molar-refractivity contribution is 0.456. The maximum atomic E-state index is 6.27. The quantitative estimate of drug-likeness (QED) is 0.937. The lowest BCUT2D eigenvalue weighted by Crippen LogP contribution is -2.50. The number of oxazole rings is 1. The first-order valence-electron chi connectivity index (χ1n) is 7.96. The van der Waals surface area contributed by atoms with Crippen LogP contribution in [0, 0.1) is 0 Å². The van der Waals surface area contributed by atoms with Crippen LogP contribution in [0.25, 0.3) is 11.1 Å². The number of piperazine rings is 1. The van der Waals surface area contributed by atoms with Gasteiger partial charge in [0.05, 0.1) is 5.69 Å². The number of nitrogens with zero attached hydrogens (tertiary/aromatic N) is 3. The molecule has 22 heavy (non-hydrogen) atoms. The van der Waals surface area contributed by atoms with Crippen LogP contribution in [-0.2, 0) is 0 Å². The van der Waals surface area contributed by atoms with E-state index in [1.165, 1.54) is 0 Å². The molecule has 1 N–H and O–H groups in total. The van der Waals surface area contributed by atoms with Crippen molar-refractivity contribution in [2.24, 2.45) is 0 Å². The van der Waals surface area contributed by atoms with E-state index in [0.717, 1.165) is 49.5 Å². The van der Waals surface area contributed by atoms with Crippen molar-refractivity contribution in [2.45, 2.75) is 26.8 Å². The van der Waals surface area contributed by atoms with Gasteiger partial charge in [-0.3, -0.25) is 0 Å². The van der Waals surface area contributed by atoms with E-state index in [2.05, 4.69) is 40.9 Å². The minimum Gasteiger partial charge on any atom is -0.421 e. The zero-order valence-electron chi connectivity index (χ0n) is 13.4. The van der Waals surface area contributed by atoms with E-state index in [0.29, 0.717) is 17.1 Å². The van der Waals surface area contributed by atoms with Crippen molar-refractivity contribution in [1.29, 1.82) is 0 Å². The minimum absolute atomic E-state index is 0.370. The molecule has 1 aromatic carbocycles. The van der Waals surface area contributed by atoms with Crippen molar-refractivity contribution < 1.29 is 4.42 Å². The molecule has 6 heteroatoms. The summed E-state index contributed by atoms with van der Waals surface area (Å²) in [7, 11) is 0. The molecule has 2 heterocycles. The maximum absolute atomic E-state index is 6.27. The van der Waals surface area contributed by atoms with Crippen LogP contribution in [0.2, 0.25) is 5.02 Å². The highest BCUT2D eigenvalue weighted by Gasteiger charge is 2.24. The van der Waals surface area contributed by atoms with E-state index in [-0.39, 0.29) is 0 Å². The summed E-state index contributed by atoms with van der Waals surface area (Å²) in [6, 6.07) is 4.91.